The molecule has 0 radical (unpaired) electrons. The first kappa shape index (κ1) is 14.1. The molecule has 1 rings (SSSR count). The Labute approximate surface area is 104 Å². The minimum absolute atomic E-state index is 0.0319. The van der Waals surface area contributed by atoms with E-state index in [0.29, 0.717) is 6.54 Å². The number of amides is 2. The van der Waals surface area contributed by atoms with E-state index in [1.54, 1.807) is 6.92 Å². The number of carbonyl (C=O) groups is 4. The maximum atomic E-state index is 11.7. The number of esters is 1. The lowest BCUT2D eigenvalue weighted by atomic mass is 9.96. The van der Waals surface area contributed by atoms with Crippen molar-refractivity contribution in [2.24, 2.45) is 0 Å². The van der Waals surface area contributed by atoms with Crippen molar-refractivity contribution in [2.75, 3.05) is 13.7 Å². The van der Waals surface area contributed by atoms with Crippen LogP contribution in [0.15, 0.2) is 0 Å². The van der Waals surface area contributed by atoms with Gasteiger partial charge in [0.15, 0.2) is 11.8 Å². The molecule has 0 aliphatic carbocycles. The molecule has 18 heavy (non-hydrogen) atoms. The van der Waals surface area contributed by atoms with Gasteiger partial charge in [0.05, 0.1) is 13.5 Å². The maximum Gasteiger partial charge on any atom is 0.329 e. The van der Waals surface area contributed by atoms with Gasteiger partial charge in [-0.2, -0.15) is 0 Å². The maximum absolute atomic E-state index is 11.7. The molecule has 1 unspecified atom stereocenters. The van der Waals surface area contributed by atoms with Crippen molar-refractivity contribution in [2.45, 2.75) is 32.4 Å². The number of nitrogens with zero attached hydrogens (tertiary/aromatic N) is 1. The van der Waals surface area contributed by atoms with Crippen molar-refractivity contribution in [1.29, 1.82) is 0 Å². The van der Waals surface area contributed by atoms with Gasteiger partial charge in [0.2, 0.25) is 5.91 Å². The van der Waals surface area contributed by atoms with E-state index in [4.69, 9.17) is 0 Å². The quantitative estimate of drug-likeness (QED) is 0.381. The molecule has 0 aromatic rings. The van der Waals surface area contributed by atoms with Crippen LogP contribution in [-0.4, -0.2) is 54.2 Å². The number of hydrogen-bond donors (Lipinski definition) is 1. The third-order valence-electron chi connectivity index (χ3n) is 2.73. The van der Waals surface area contributed by atoms with E-state index in [-0.39, 0.29) is 6.42 Å². The Morgan fingerprint density at radius 1 is 1.50 bits per heavy atom. The Kier molecular flexibility index (Phi) is 4.41. The van der Waals surface area contributed by atoms with E-state index in [1.165, 1.54) is 14.0 Å². The van der Waals surface area contributed by atoms with Gasteiger partial charge in [-0.05, 0) is 13.8 Å². The van der Waals surface area contributed by atoms with Gasteiger partial charge in [0.25, 0.3) is 5.91 Å². The van der Waals surface area contributed by atoms with Crippen LogP contribution in [0.1, 0.15) is 20.3 Å². The molecule has 1 aliphatic heterocycles. The van der Waals surface area contributed by atoms with Crippen molar-refractivity contribution in [3.63, 3.8) is 0 Å². The second kappa shape index (κ2) is 5.61. The number of carbonyl (C=O) groups excluding carboxylic acids is 4. The van der Waals surface area contributed by atoms with Crippen LogP contribution in [-0.2, 0) is 23.9 Å². The topological polar surface area (TPSA) is 92.8 Å². The Morgan fingerprint density at radius 3 is 2.50 bits per heavy atom. The van der Waals surface area contributed by atoms with Crippen LogP contribution >= 0.6 is 0 Å². The lowest BCUT2D eigenvalue weighted by Gasteiger charge is -2.41. The summed E-state index contributed by atoms with van der Waals surface area (Å²) in [6.07, 6.45) is -0.0319. The molecular weight excluding hydrogens is 240 g/mol. The van der Waals surface area contributed by atoms with Crippen molar-refractivity contribution >= 4 is 23.6 Å². The molecule has 0 aromatic heterocycles. The first-order valence-corrected chi connectivity index (χ1v) is 5.61. The van der Waals surface area contributed by atoms with Crippen LogP contribution < -0.4 is 5.32 Å². The highest BCUT2D eigenvalue weighted by Crippen LogP contribution is 2.24. The number of likely N-dealkylation sites (tertiary alicyclic amines) is 1. The fraction of sp³-hybridized carbons (Fsp3) is 0.636. The lowest BCUT2D eigenvalue weighted by Crippen LogP contribution is -2.66. The molecule has 1 aliphatic rings. The van der Waals surface area contributed by atoms with Crippen molar-refractivity contribution in [1.82, 2.24) is 10.2 Å². The molecule has 2 amide bonds. The number of Topliss-reactive ketones (excluding diaryl/α,β-unsaturated/α-hetero) is 1. The molecular formula is C11H16N2O5. The normalized spacial score (nSPS) is 19.8. The highest BCUT2D eigenvalue weighted by atomic mass is 16.5. The summed E-state index contributed by atoms with van der Waals surface area (Å²) in [5, 5.41) is 2.47. The van der Waals surface area contributed by atoms with Crippen LogP contribution in [0.3, 0.4) is 0 Å². The minimum atomic E-state index is -1.25. The Hall–Kier alpha value is -1.92. The van der Waals surface area contributed by atoms with Crippen molar-refractivity contribution in [3.05, 3.63) is 0 Å². The largest absolute Gasteiger partial charge is 0.467 e. The van der Waals surface area contributed by atoms with Gasteiger partial charge in [0, 0.05) is 6.54 Å². The van der Waals surface area contributed by atoms with E-state index in [9.17, 15) is 19.2 Å². The van der Waals surface area contributed by atoms with Crippen molar-refractivity contribution < 1.29 is 23.9 Å². The smallest absolute Gasteiger partial charge is 0.329 e. The summed E-state index contributed by atoms with van der Waals surface area (Å²) in [5.41, 5.74) is 0. The fourth-order valence-electron chi connectivity index (χ4n) is 1.87. The predicted octanol–water partition coefficient (Wildman–Crippen LogP) is -1.15. The number of β-lactam (4-membered cyclic amide) rings is 1. The van der Waals surface area contributed by atoms with E-state index in [0.717, 1.165) is 4.90 Å². The van der Waals surface area contributed by atoms with Gasteiger partial charge < -0.3 is 15.0 Å². The zero-order chi connectivity index (χ0) is 13.9. The zero-order valence-corrected chi connectivity index (χ0v) is 10.6. The van der Waals surface area contributed by atoms with E-state index in [2.05, 4.69) is 10.1 Å². The summed E-state index contributed by atoms with van der Waals surface area (Å²) in [6.45, 7) is 3.25. The number of ether oxygens (including phenoxy) is 1. The minimum Gasteiger partial charge on any atom is -0.467 e. The second-order valence-electron chi connectivity index (χ2n) is 3.95. The Bertz CT molecular complexity index is 393. The molecule has 100 valence electrons. The lowest BCUT2D eigenvalue weighted by molar-refractivity contribution is -0.170. The highest BCUT2D eigenvalue weighted by molar-refractivity contribution is 6.09. The molecule has 7 heteroatoms. The van der Waals surface area contributed by atoms with Gasteiger partial charge >= 0.3 is 5.97 Å². The van der Waals surface area contributed by atoms with Gasteiger partial charge in [-0.15, -0.1) is 0 Å². The Morgan fingerprint density at radius 2 is 2.11 bits per heavy atom. The molecule has 0 aromatic carbocycles. The summed E-state index contributed by atoms with van der Waals surface area (Å²) < 4.78 is 4.53. The Balaban J connectivity index is 2.91. The SMILES string of the molecule is CCNC(=O)C(C(C)=O)N1C(=O)C[C@H]1C(=O)OC. The number of nitrogens with one attached hydrogen (secondary N) is 1. The van der Waals surface area contributed by atoms with Gasteiger partial charge in [-0.3, -0.25) is 14.4 Å². The monoisotopic (exact) mass is 256 g/mol. The predicted molar refractivity (Wildman–Crippen MR) is 60.4 cm³/mol. The van der Waals surface area contributed by atoms with E-state index in [1.807, 2.05) is 0 Å². The molecule has 1 saturated heterocycles. The molecule has 1 N–H and O–H groups in total. The summed E-state index contributed by atoms with van der Waals surface area (Å²) in [7, 11) is 1.19. The van der Waals surface area contributed by atoms with E-state index < -0.39 is 35.7 Å². The number of hydrogen-bond acceptors (Lipinski definition) is 5. The third-order valence-corrected chi connectivity index (χ3v) is 2.73. The van der Waals surface area contributed by atoms with Gasteiger partial charge in [-0.1, -0.05) is 0 Å². The van der Waals surface area contributed by atoms with Crippen LogP contribution in [0.4, 0.5) is 0 Å². The summed E-state index contributed by atoms with van der Waals surface area (Å²) in [4.78, 5) is 47.1. The van der Waals surface area contributed by atoms with Crippen LogP contribution in [0, 0.1) is 0 Å². The standard InChI is InChI=1S/C11H16N2O5/c1-4-12-10(16)9(6(2)14)13-7(5-8(13)15)11(17)18-3/h7,9H,4-5H2,1-3H3,(H,12,16)/t7-,9?/m0/s1. The fourth-order valence-corrected chi connectivity index (χ4v) is 1.87. The third kappa shape index (κ3) is 2.49. The molecule has 0 spiro atoms. The zero-order valence-electron chi connectivity index (χ0n) is 10.6. The molecule has 1 heterocycles. The van der Waals surface area contributed by atoms with Gasteiger partial charge in [-0.25, -0.2) is 4.79 Å². The molecule has 1 fully saturated rings. The highest BCUT2D eigenvalue weighted by Gasteiger charge is 2.49. The molecule has 0 bridgehead atoms. The number of rotatable bonds is 5. The number of ketones is 1. The first-order valence-electron chi connectivity index (χ1n) is 5.61. The average molecular weight is 256 g/mol. The molecule has 2 atom stereocenters. The average Bonchev–Trinajstić information content (AvgIpc) is 2.31. The second-order valence-corrected chi connectivity index (χ2v) is 3.95. The van der Waals surface area contributed by atoms with Crippen LogP contribution in [0.5, 0.6) is 0 Å². The van der Waals surface area contributed by atoms with E-state index >= 15 is 0 Å². The van der Waals surface area contributed by atoms with Crippen LogP contribution in [0.25, 0.3) is 0 Å². The summed E-state index contributed by atoms with van der Waals surface area (Å²) >= 11 is 0. The summed E-state index contributed by atoms with van der Waals surface area (Å²) in [6, 6.07) is -2.10. The molecule has 0 saturated carbocycles. The summed E-state index contributed by atoms with van der Waals surface area (Å²) in [5.74, 6) is -2.09. The number of likely N-dealkylation sites (N-methyl/N-ethyl adjacent to an activating group) is 1. The molecule has 7 nitrogen and oxygen atoms in total. The van der Waals surface area contributed by atoms with Gasteiger partial charge in [0.1, 0.15) is 6.04 Å². The first-order chi connectivity index (χ1) is 8.43. The number of methoxy groups -OCH3 is 1. The van der Waals surface area contributed by atoms with Crippen molar-refractivity contribution in [3.8, 4) is 0 Å². The van der Waals surface area contributed by atoms with Crippen LogP contribution in [0.2, 0.25) is 0 Å².